The van der Waals surface area contributed by atoms with E-state index in [0.717, 1.165) is 70.6 Å². The number of hydrogen-bond donors (Lipinski definition) is 4. The number of hydrogen-bond acceptors (Lipinski definition) is 10. The predicted molar refractivity (Wildman–Crippen MR) is 210 cm³/mol. The highest BCUT2D eigenvalue weighted by Crippen LogP contribution is 2.22. The van der Waals surface area contributed by atoms with Crippen molar-refractivity contribution in [2.24, 2.45) is 0 Å². The lowest BCUT2D eigenvalue weighted by Crippen LogP contribution is -2.59. The smallest absolute Gasteiger partial charge is 0.310 e. The third kappa shape index (κ3) is 25.5. The maximum Gasteiger partial charge on any atom is 0.310 e. The van der Waals surface area contributed by atoms with Gasteiger partial charge in [-0.2, -0.15) is 0 Å². The first-order chi connectivity index (χ1) is 25.8. The number of ether oxygens (including phenoxy) is 4. The molecule has 0 aromatic rings. The maximum absolute atomic E-state index is 12.6. The Balaban J connectivity index is 2.48. The molecule has 0 aromatic carbocycles. The van der Waals surface area contributed by atoms with E-state index in [9.17, 15) is 30.0 Å². The van der Waals surface area contributed by atoms with Crippen LogP contribution in [0.4, 0.5) is 0 Å². The molecular formula is C43H68O10. The van der Waals surface area contributed by atoms with Gasteiger partial charge in [-0.3, -0.25) is 9.59 Å². The predicted octanol–water partition coefficient (Wildman–Crippen LogP) is 7.43. The summed E-state index contributed by atoms with van der Waals surface area (Å²) in [4.78, 5) is 25.1. The van der Waals surface area contributed by atoms with Crippen molar-refractivity contribution in [1.29, 1.82) is 0 Å². The van der Waals surface area contributed by atoms with Gasteiger partial charge in [-0.25, -0.2) is 0 Å². The summed E-state index contributed by atoms with van der Waals surface area (Å²) < 4.78 is 21.9. The van der Waals surface area contributed by atoms with Gasteiger partial charge in [0, 0.05) is 6.42 Å². The van der Waals surface area contributed by atoms with Crippen LogP contribution in [0, 0.1) is 0 Å². The second-order valence-corrected chi connectivity index (χ2v) is 13.0. The van der Waals surface area contributed by atoms with Crippen LogP contribution < -0.4 is 0 Å². The van der Waals surface area contributed by atoms with Gasteiger partial charge in [-0.1, -0.05) is 125 Å². The molecule has 4 N–H and O–H groups in total. The average Bonchev–Trinajstić information content (AvgIpc) is 3.15. The van der Waals surface area contributed by atoms with Crippen LogP contribution in [0.15, 0.2) is 85.1 Å². The second kappa shape index (κ2) is 33.4. The lowest BCUT2D eigenvalue weighted by Gasteiger charge is -2.39. The Kier molecular flexibility index (Phi) is 30.2. The Morgan fingerprint density at radius 3 is 1.77 bits per heavy atom. The summed E-state index contributed by atoms with van der Waals surface area (Å²) in [6, 6.07) is 0. The first-order valence-corrected chi connectivity index (χ1v) is 19.7. The monoisotopic (exact) mass is 744 g/mol. The summed E-state index contributed by atoms with van der Waals surface area (Å²) in [6.45, 7) is 3.09. The van der Waals surface area contributed by atoms with Gasteiger partial charge < -0.3 is 39.4 Å². The molecule has 10 heteroatoms. The molecule has 1 saturated heterocycles. The Bertz CT molecular complexity index is 1140. The van der Waals surface area contributed by atoms with Crippen molar-refractivity contribution in [2.45, 2.75) is 153 Å². The van der Waals surface area contributed by atoms with E-state index in [-0.39, 0.29) is 26.1 Å². The Labute approximate surface area is 318 Å². The van der Waals surface area contributed by atoms with Gasteiger partial charge in [0.2, 0.25) is 0 Å². The first-order valence-electron chi connectivity index (χ1n) is 19.7. The summed E-state index contributed by atoms with van der Waals surface area (Å²) in [7, 11) is 0. The number of esters is 2. The SMILES string of the molecule is CC/C=C\C/C=C\C/C=C\C/C=C\C/C=C\CC(=O)OC(COC(=O)CCCCCCC/C=C\C/C=C\CCC)COC1OC(CO)C(O)C(O)C1O. The van der Waals surface area contributed by atoms with E-state index in [0.29, 0.717) is 12.8 Å². The van der Waals surface area contributed by atoms with Crippen LogP contribution >= 0.6 is 0 Å². The van der Waals surface area contributed by atoms with E-state index < -0.39 is 55.4 Å². The molecule has 6 atom stereocenters. The molecule has 1 aliphatic rings. The van der Waals surface area contributed by atoms with Gasteiger partial charge in [-0.15, -0.1) is 0 Å². The van der Waals surface area contributed by atoms with Crippen LogP contribution in [0.3, 0.4) is 0 Å². The molecule has 300 valence electrons. The van der Waals surface area contributed by atoms with Crippen LogP contribution in [0.5, 0.6) is 0 Å². The van der Waals surface area contributed by atoms with Gasteiger partial charge in [0.15, 0.2) is 12.4 Å². The standard InChI is InChI=1S/C43H68O10/c1-3-5-7-9-11-13-15-17-18-20-22-24-26-28-30-32-39(46)52-36(35-51-43-42(49)41(48)40(47)37(33-44)53-43)34-50-38(45)31-29-27-25-23-21-19-16-14-12-10-8-6-4-2/h5,7-8,10-11,13-14,16-18,22,24,28,30,36-37,40-44,47-49H,3-4,6,9,12,15,19-21,23,25-27,29,31-35H2,1-2H3/b7-5-,10-8-,13-11-,16-14-,18-17-,24-22-,30-28-. The minimum absolute atomic E-state index is 0.0101. The number of rotatable bonds is 30. The maximum atomic E-state index is 12.6. The number of allylic oxidation sites excluding steroid dienone is 13. The first kappa shape index (κ1) is 47.9. The normalized spacial score (nSPS) is 21.8. The molecule has 0 saturated carbocycles. The lowest BCUT2D eigenvalue weighted by molar-refractivity contribution is -0.305. The minimum Gasteiger partial charge on any atom is -0.462 e. The van der Waals surface area contributed by atoms with Gasteiger partial charge in [0.1, 0.15) is 31.0 Å². The molecule has 10 nitrogen and oxygen atoms in total. The van der Waals surface area contributed by atoms with Crippen molar-refractivity contribution >= 4 is 11.9 Å². The third-order valence-electron chi connectivity index (χ3n) is 8.28. The lowest BCUT2D eigenvalue weighted by atomic mass is 9.99. The van der Waals surface area contributed by atoms with Gasteiger partial charge in [-0.05, 0) is 64.2 Å². The fourth-order valence-corrected chi connectivity index (χ4v) is 5.18. The Morgan fingerprint density at radius 2 is 1.17 bits per heavy atom. The summed E-state index contributed by atoms with van der Waals surface area (Å²) >= 11 is 0. The Morgan fingerprint density at radius 1 is 0.623 bits per heavy atom. The van der Waals surface area contributed by atoms with Crippen LogP contribution in [0.1, 0.15) is 117 Å². The van der Waals surface area contributed by atoms with E-state index in [1.807, 2.05) is 12.2 Å². The Hall–Kier alpha value is -3.12. The zero-order chi connectivity index (χ0) is 38.8. The van der Waals surface area contributed by atoms with E-state index in [2.05, 4.69) is 80.7 Å². The minimum atomic E-state index is -1.62. The number of carbonyl (C=O) groups excluding carboxylic acids is 2. The van der Waals surface area contributed by atoms with Crippen molar-refractivity contribution in [3.8, 4) is 0 Å². The quantitative estimate of drug-likeness (QED) is 0.0332. The molecule has 0 bridgehead atoms. The summed E-state index contributed by atoms with van der Waals surface area (Å²) in [6.07, 6.45) is 34.8. The molecule has 0 radical (unpaired) electrons. The van der Waals surface area contributed by atoms with E-state index in [4.69, 9.17) is 18.9 Å². The van der Waals surface area contributed by atoms with Gasteiger partial charge in [0.25, 0.3) is 0 Å². The van der Waals surface area contributed by atoms with E-state index >= 15 is 0 Å². The molecule has 0 amide bonds. The number of carbonyl (C=O) groups is 2. The molecular weight excluding hydrogens is 676 g/mol. The zero-order valence-electron chi connectivity index (χ0n) is 32.2. The molecule has 53 heavy (non-hydrogen) atoms. The van der Waals surface area contributed by atoms with E-state index in [1.165, 1.54) is 6.42 Å². The molecule has 1 aliphatic heterocycles. The number of aliphatic hydroxyl groups excluding tert-OH is 4. The van der Waals surface area contributed by atoms with Crippen LogP contribution in [-0.4, -0.2) is 89.0 Å². The summed E-state index contributed by atoms with van der Waals surface area (Å²) in [5.41, 5.74) is 0. The average molecular weight is 745 g/mol. The fourth-order valence-electron chi connectivity index (χ4n) is 5.18. The van der Waals surface area contributed by atoms with Crippen molar-refractivity contribution in [3.63, 3.8) is 0 Å². The van der Waals surface area contributed by atoms with E-state index in [1.54, 1.807) is 6.08 Å². The van der Waals surface area contributed by atoms with Crippen molar-refractivity contribution in [1.82, 2.24) is 0 Å². The molecule has 1 rings (SSSR count). The highest BCUT2D eigenvalue weighted by atomic mass is 16.7. The van der Waals surface area contributed by atoms with Gasteiger partial charge in [0.05, 0.1) is 19.6 Å². The molecule has 1 fully saturated rings. The largest absolute Gasteiger partial charge is 0.462 e. The molecule has 0 aromatic heterocycles. The summed E-state index contributed by atoms with van der Waals surface area (Å²) in [5.74, 6) is -0.983. The fraction of sp³-hybridized carbons (Fsp3) is 0.628. The number of aliphatic hydroxyl groups is 4. The van der Waals surface area contributed by atoms with Crippen LogP contribution in [0.25, 0.3) is 0 Å². The molecule has 0 spiro atoms. The third-order valence-corrected chi connectivity index (χ3v) is 8.28. The number of unbranched alkanes of at least 4 members (excludes halogenated alkanes) is 6. The van der Waals surface area contributed by atoms with Crippen molar-refractivity contribution in [2.75, 3.05) is 19.8 Å². The highest BCUT2D eigenvalue weighted by molar-refractivity contribution is 5.71. The van der Waals surface area contributed by atoms with Crippen LogP contribution in [0.2, 0.25) is 0 Å². The topological polar surface area (TPSA) is 152 Å². The highest BCUT2D eigenvalue weighted by Gasteiger charge is 2.44. The van der Waals surface area contributed by atoms with Crippen molar-refractivity contribution in [3.05, 3.63) is 85.1 Å². The second-order valence-electron chi connectivity index (χ2n) is 13.0. The van der Waals surface area contributed by atoms with Gasteiger partial charge >= 0.3 is 11.9 Å². The molecule has 1 heterocycles. The van der Waals surface area contributed by atoms with Crippen molar-refractivity contribution < 1.29 is 49.0 Å². The summed E-state index contributed by atoms with van der Waals surface area (Å²) in [5, 5.41) is 39.9. The molecule has 0 aliphatic carbocycles. The molecule has 6 unspecified atom stereocenters. The zero-order valence-corrected chi connectivity index (χ0v) is 32.2. The van der Waals surface area contributed by atoms with Crippen LogP contribution in [-0.2, 0) is 28.5 Å².